The van der Waals surface area contributed by atoms with E-state index in [-0.39, 0.29) is 0 Å². The average Bonchev–Trinajstić information content (AvgIpc) is 3.04. The van der Waals surface area contributed by atoms with E-state index >= 15 is 0 Å². The minimum atomic E-state index is 0.343. The van der Waals surface area contributed by atoms with Gasteiger partial charge in [-0.1, -0.05) is 56.4 Å². The number of nitrogens with zero attached hydrogens (tertiary/aromatic N) is 4. The van der Waals surface area contributed by atoms with Crippen LogP contribution in [0.15, 0.2) is 24.3 Å². The predicted molar refractivity (Wildman–Crippen MR) is 84.5 cm³/mol. The van der Waals surface area contributed by atoms with Crippen LogP contribution in [0.25, 0.3) is 16.2 Å². The lowest BCUT2D eigenvalue weighted by Gasteiger charge is -2.00. The summed E-state index contributed by atoms with van der Waals surface area (Å²) in [6, 6.07) is 10.4. The SMILES string of the molecule is CCc1ccc(-c2nc3sc(C(C)C)nn3c2C#N)cc1. The first-order valence-electron chi connectivity index (χ1n) is 7.03. The molecule has 0 aliphatic heterocycles. The van der Waals surface area contributed by atoms with Gasteiger partial charge in [-0.3, -0.25) is 0 Å². The van der Waals surface area contributed by atoms with Gasteiger partial charge in [-0.25, -0.2) is 4.98 Å². The minimum absolute atomic E-state index is 0.343. The van der Waals surface area contributed by atoms with Gasteiger partial charge in [-0.15, -0.1) is 0 Å². The lowest BCUT2D eigenvalue weighted by atomic mass is 10.1. The van der Waals surface area contributed by atoms with Gasteiger partial charge in [-0.2, -0.15) is 14.9 Å². The molecular formula is C16H16N4S. The summed E-state index contributed by atoms with van der Waals surface area (Å²) < 4.78 is 1.67. The first-order valence-corrected chi connectivity index (χ1v) is 7.84. The second kappa shape index (κ2) is 5.30. The molecule has 0 N–H and O–H groups in total. The topological polar surface area (TPSA) is 54.0 Å². The summed E-state index contributed by atoms with van der Waals surface area (Å²) in [5, 5.41) is 15.0. The van der Waals surface area contributed by atoms with E-state index in [0.29, 0.717) is 17.3 Å². The van der Waals surface area contributed by atoms with Gasteiger partial charge in [0.25, 0.3) is 0 Å². The van der Waals surface area contributed by atoms with E-state index in [1.54, 1.807) is 15.9 Å². The van der Waals surface area contributed by atoms with E-state index < -0.39 is 0 Å². The van der Waals surface area contributed by atoms with E-state index in [9.17, 15) is 5.26 Å². The van der Waals surface area contributed by atoms with E-state index in [2.05, 4.69) is 49.1 Å². The molecule has 0 atom stereocenters. The minimum Gasteiger partial charge on any atom is -0.216 e. The van der Waals surface area contributed by atoms with Crippen molar-refractivity contribution in [3.05, 3.63) is 40.5 Å². The lowest BCUT2D eigenvalue weighted by molar-refractivity contribution is 0.798. The van der Waals surface area contributed by atoms with Crippen LogP contribution in [0, 0.1) is 11.3 Å². The van der Waals surface area contributed by atoms with Crippen LogP contribution >= 0.6 is 11.3 Å². The fourth-order valence-corrected chi connectivity index (χ4v) is 3.10. The largest absolute Gasteiger partial charge is 0.216 e. The summed E-state index contributed by atoms with van der Waals surface area (Å²) in [4.78, 5) is 5.39. The van der Waals surface area contributed by atoms with Gasteiger partial charge in [-0.05, 0) is 12.0 Å². The molecule has 0 saturated heterocycles. The van der Waals surface area contributed by atoms with E-state index in [0.717, 1.165) is 22.0 Å². The Labute approximate surface area is 127 Å². The third-order valence-electron chi connectivity index (χ3n) is 3.45. The highest BCUT2D eigenvalue weighted by molar-refractivity contribution is 7.16. The number of hydrogen-bond acceptors (Lipinski definition) is 4. The number of aromatic nitrogens is 3. The summed E-state index contributed by atoms with van der Waals surface area (Å²) in [5.41, 5.74) is 3.47. The molecule has 3 rings (SSSR count). The number of nitriles is 1. The number of imidazole rings is 1. The zero-order valence-corrected chi connectivity index (χ0v) is 13.1. The zero-order chi connectivity index (χ0) is 15.0. The fraction of sp³-hybridized carbons (Fsp3) is 0.312. The molecule has 0 spiro atoms. The van der Waals surface area contributed by atoms with Gasteiger partial charge >= 0.3 is 0 Å². The molecular weight excluding hydrogens is 280 g/mol. The van der Waals surface area contributed by atoms with Crippen LogP contribution in [0.1, 0.15) is 43.0 Å². The Balaban J connectivity index is 2.14. The van der Waals surface area contributed by atoms with Crippen molar-refractivity contribution in [2.24, 2.45) is 0 Å². The van der Waals surface area contributed by atoms with Crippen molar-refractivity contribution < 1.29 is 0 Å². The van der Waals surface area contributed by atoms with E-state index in [1.165, 1.54) is 5.56 Å². The monoisotopic (exact) mass is 296 g/mol. The molecule has 0 aliphatic carbocycles. The molecule has 0 amide bonds. The molecule has 3 aromatic rings. The molecule has 0 fully saturated rings. The van der Waals surface area contributed by atoms with Crippen LogP contribution < -0.4 is 0 Å². The van der Waals surface area contributed by atoms with Crippen LogP contribution in [0.2, 0.25) is 0 Å². The Morgan fingerprint density at radius 3 is 2.57 bits per heavy atom. The Hall–Kier alpha value is -2.19. The van der Waals surface area contributed by atoms with Crippen LogP contribution in [-0.2, 0) is 6.42 Å². The number of aryl methyl sites for hydroxylation is 1. The number of hydrogen-bond donors (Lipinski definition) is 0. The highest BCUT2D eigenvalue weighted by Crippen LogP contribution is 2.29. The highest BCUT2D eigenvalue weighted by Gasteiger charge is 2.18. The van der Waals surface area contributed by atoms with Gasteiger partial charge in [0.05, 0.1) is 0 Å². The fourth-order valence-electron chi connectivity index (χ4n) is 2.20. The molecule has 2 heterocycles. The van der Waals surface area contributed by atoms with Gasteiger partial charge < -0.3 is 0 Å². The maximum absolute atomic E-state index is 9.47. The first-order chi connectivity index (χ1) is 10.1. The van der Waals surface area contributed by atoms with Crippen molar-refractivity contribution in [3.8, 4) is 17.3 Å². The molecule has 0 aliphatic rings. The highest BCUT2D eigenvalue weighted by atomic mass is 32.1. The number of fused-ring (bicyclic) bond motifs is 1. The molecule has 106 valence electrons. The molecule has 2 aromatic heterocycles. The maximum atomic E-state index is 9.47. The summed E-state index contributed by atoms with van der Waals surface area (Å²) in [6.07, 6.45) is 1.00. The molecule has 21 heavy (non-hydrogen) atoms. The summed E-state index contributed by atoms with van der Waals surface area (Å²) >= 11 is 1.55. The smallest absolute Gasteiger partial charge is 0.214 e. The second-order valence-electron chi connectivity index (χ2n) is 5.26. The standard InChI is InChI=1S/C16H16N4S/c1-4-11-5-7-12(8-6-11)14-13(9-17)20-16(18-14)21-15(19-20)10(2)3/h5-8,10H,4H2,1-3H3. The van der Waals surface area contributed by atoms with Crippen LogP contribution in [-0.4, -0.2) is 14.6 Å². The van der Waals surface area contributed by atoms with E-state index in [1.807, 2.05) is 12.1 Å². The van der Waals surface area contributed by atoms with Crippen molar-refractivity contribution in [1.29, 1.82) is 5.26 Å². The molecule has 0 unspecified atom stereocenters. The van der Waals surface area contributed by atoms with Crippen LogP contribution in [0.5, 0.6) is 0 Å². The zero-order valence-electron chi connectivity index (χ0n) is 12.3. The van der Waals surface area contributed by atoms with Crippen LogP contribution in [0.4, 0.5) is 0 Å². The Morgan fingerprint density at radius 1 is 1.29 bits per heavy atom. The molecule has 0 saturated carbocycles. The molecule has 0 bridgehead atoms. The summed E-state index contributed by atoms with van der Waals surface area (Å²) in [6.45, 7) is 6.31. The van der Waals surface area contributed by atoms with Crippen molar-refractivity contribution >= 4 is 16.3 Å². The third-order valence-corrected chi connectivity index (χ3v) is 4.66. The average molecular weight is 296 g/mol. The van der Waals surface area contributed by atoms with Gasteiger partial charge in [0.15, 0.2) is 5.69 Å². The van der Waals surface area contributed by atoms with Crippen LogP contribution in [0.3, 0.4) is 0 Å². The molecule has 1 aromatic carbocycles. The number of rotatable bonds is 3. The normalized spacial score (nSPS) is 11.2. The van der Waals surface area contributed by atoms with Crippen molar-refractivity contribution in [1.82, 2.24) is 14.6 Å². The van der Waals surface area contributed by atoms with Gasteiger partial charge in [0.1, 0.15) is 16.8 Å². The predicted octanol–water partition coefficient (Wildman–Crippen LogP) is 4.02. The Morgan fingerprint density at radius 2 is 2.00 bits per heavy atom. The maximum Gasteiger partial charge on any atom is 0.214 e. The van der Waals surface area contributed by atoms with Crippen molar-refractivity contribution in [2.45, 2.75) is 33.1 Å². The molecule has 5 heteroatoms. The van der Waals surface area contributed by atoms with E-state index in [4.69, 9.17) is 0 Å². The second-order valence-corrected chi connectivity index (χ2v) is 6.25. The summed E-state index contributed by atoms with van der Waals surface area (Å²) in [5.74, 6) is 0.343. The molecule has 4 nitrogen and oxygen atoms in total. The van der Waals surface area contributed by atoms with Gasteiger partial charge in [0.2, 0.25) is 4.96 Å². The molecule has 0 radical (unpaired) electrons. The Bertz CT molecular complexity index is 818. The van der Waals surface area contributed by atoms with Crippen molar-refractivity contribution in [2.75, 3.05) is 0 Å². The quantitative estimate of drug-likeness (QED) is 0.733. The summed E-state index contributed by atoms with van der Waals surface area (Å²) in [7, 11) is 0. The van der Waals surface area contributed by atoms with Crippen molar-refractivity contribution in [3.63, 3.8) is 0 Å². The Kier molecular flexibility index (Phi) is 3.48. The number of benzene rings is 1. The first kappa shape index (κ1) is 13.8. The van der Waals surface area contributed by atoms with Gasteiger partial charge in [0, 0.05) is 11.5 Å². The third kappa shape index (κ3) is 2.32. The lowest BCUT2D eigenvalue weighted by Crippen LogP contribution is -1.93.